The SMILES string of the molecule is CN(C)C(=O)CN1CC[C@@H](NC(=O)c2cn(-c3ccccc3)nn2)[C@H](O)C1. The molecule has 1 aromatic carbocycles. The number of likely N-dealkylation sites (tertiary alicyclic amines) is 1. The van der Waals surface area contributed by atoms with Crippen molar-refractivity contribution in [2.45, 2.75) is 18.6 Å². The van der Waals surface area contributed by atoms with Crippen LogP contribution in [-0.4, -0.2) is 87.6 Å². The van der Waals surface area contributed by atoms with Crippen LogP contribution >= 0.6 is 0 Å². The highest BCUT2D eigenvalue weighted by Crippen LogP contribution is 2.12. The third kappa shape index (κ3) is 4.69. The maximum Gasteiger partial charge on any atom is 0.273 e. The van der Waals surface area contributed by atoms with E-state index < -0.39 is 6.10 Å². The third-order valence-electron chi connectivity index (χ3n) is 4.59. The molecular weight excluding hydrogens is 348 g/mol. The van der Waals surface area contributed by atoms with Crippen LogP contribution in [0.2, 0.25) is 0 Å². The monoisotopic (exact) mass is 372 g/mol. The van der Waals surface area contributed by atoms with Gasteiger partial charge >= 0.3 is 0 Å². The highest BCUT2D eigenvalue weighted by Gasteiger charge is 2.30. The van der Waals surface area contributed by atoms with Crippen molar-refractivity contribution in [2.75, 3.05) is 33.7 Å². The average molecular weight is 372 g/mol. The lowest BCUT2D eigenvalue weighted by Gasteiger charge is -2.36. The summed E-state index contributed by atoms with van der Waals surface area (Å²) >= 11 is 0. The van der Waals surface area contributed by atoms with E-state index in [1.54, 1.807) is 20.3 Å². The fourth-order valence-electron chi connectivity index (χ4n) is 2.96. The van der Waals surface area contributed by atoms with Crippen LogP contribution < -0.4 is 5.32 Å². The quantitative estimate of drug-likeness (QED) is 0.735. The van der Waals surface area contributed by atoms with Gasteiger partial charge in [0.2, 0.25) is 5.91 Å². The normalized spacial score (nSPS) is 20.3. The first kappa shape index (κ1) is 19.0. The maximum atomic E-state index is 12.4. The van der Waals surface area contributed by atoms with E-state index >= 15 is 0 Å². The van der Waals surface area contributed by atoms with E-state index in [-0.39, 0.29) is 30.1 Å². The predicted octanol–water partition coefficient (Wildman–Crippen LogP) is -0.479. The van der Waals surface area contributed by atoms with E-state index in [0.29, 0.717) is 19.5 Å². The van der Waals surface area contributed by atoms with Crippen LogP contribution in [-0.2, 0) is 4.79 Å². The molecule has 27 heavy (non-hydrogen) atoms. The Morgan fingerprint density at radius 2 is 2.04 bits per heavy atom. The fourth-order valence-corrected chi connectivity index (χ4v) is 2.96. The summed E-state index contributed by atoms with van der Waals surface area (Å²) in [7, 11) is 3.41. The zero-order chi connectivity index (χ0) is 19.4. The number of β-amino-alcohol motifs (C(OH)–C–C–N with tert-alkyl or cyclic N) is 1. The number of nitrogens with zero attached hydrogens (tertiary/aromatic N) is 5. The number of hydrogen-bond acceptors (Lipinski definition) is 6. The number of para-hydroxylation sites is 1. The number of piperidine rings is 1. The molecule has 9 nitrogen and oxygen atoms in total. The average Bonchev–Trinajstić information content (AvgIpc) is 3.15. The number of rotatable bonds is 5. The number of carbonyl (C=O) groups excluding carboxylic acids is 2. The lowest BCUT2D eigenvalue weighted by atomic mass is 10.0. The van der Waals surface area contributed by atoms with Crippen molar-refractivity contribution in [3.8, 4) is 5.69 Å². The molecule has 2 aromatic rings. The van der Waals surface area contributed by atoms with Crippen LogP contribution in [0.5, 0.6) is 0 Å². The van der Waals surface area contributed by atoms with Gasteiger partial charge < -0.3 is 15.3 Å². The van der Waals surface area contributed by atoms with Crippen LogP contribution in [0.15, 0.2) is 36.5 Å². The minimum Gasteiger partial charge on any atom is -0.390 e. The number of nitrogens with one attached hydrogen (secondary N) is 1. The van der Waals surface area contributed by atoms with Gasteiger partial charge in [-0.25, -0.2) is 4.68 Å². The molecule has 1 aliphatic heterocycles. The molecular formula is C18H24N6O3. The summed E-state index contributed by atoms with van der Waals surface area (Å²) in [5.74, 6) is -0.388. The summed E-state index contributed by atoms with van der Waals surface area (Å²) in [6.45, 7) is 1.22. The van der Waals surface area contributed by atoms with Gasteiger partial charge in [-0.3, -0.25) is 14.5 Å². The summed E-state index contributed by atoms with van der Waals surface area (Å²) in [6.07, 6.45) is 1.37. The van der Waals surface area contributed by atoms with E-state index in [9.17, 15) is 14.7 Å². The first-order valence-corrected chi connectivity index (χ1v) is 8.83. The molecule has 0 unspecified atom stereocenters. The fraction of sp³-hybridized carbons (Fsp3) is 0.444. The summed E-state index contributed by atoms with van der Waals surface area (Å²) < 4.78 is 1.53. The number of benzene rings is 1. The lowest BCUT2D eigenvalue weighted by molar-refractivity contribution is -0.130. The molecule has 1 saturated heterocycles. The Hall–Kier alpha value is -2.78. The molecule has 0 spiro atoms. The van der Waals surface area contributed by atoms with Crippen molar-refractivity contribution in [3.63, 3.8) is 0 Å². The molecule has 2 atom stereocenters. The van der Waals surface area contributed by atoms with E-state index in [1.807, 2.05) is 35.2 Å². The molecule has 0 bridgehead atoms. The Morgan fingerprint density at radius 3 is 2.70 bits per heavy atom. The highest BCUT2D eigenvalue weighted by atomic mass is 16.3. The number of aliphatic hydroxyl groups excluding tert-OH is 1. The van der Waals surface area contributed by atoms with Gasteiger partial charge in [0.1, 0.15) is 0 Å². The Balaban J connectivity index is 1.56. The first-order valence-electron chi connectivity index (χ1n) is 8.83. The summed E-state index contributed by atoms with van der Waals surface area (Å²) in [5, 5.41) is 21.1. The molecule has 1 aromatic heterocycles. The Bertz CT molecular complexity index is 791. The topological polar surface area (TPSA) is 104 Å². The molecule has 2 heterocycles. The largest absolute Gasteiger partial charge is 0.390 e. The summed E-state index contributed by atoms with van der Waals surface area (Å²) in [6, 6.07) is 9.00. The van der Waals surface area contributed by atoms with Gasteiger partial charge in [0.25, 0.3) is 5.91 Å². The van der Waals surface area contributed by atoms with Crippen LogP contribution in [0.25, 0.3) is 5.69 Å². The Labute approximate surface area is 157 Å². The number of likely N-dealkylation sites (N-methyl/N-ethyl adjacent to an activating group) is 1. The molecule has 0 saturated carbocycles. The molecule has 2 amide bonds. The van der Waals surface area contributed by atoms with Crippen LogP contribution in [0.4, 0.5) is 0 Å². The second-order valence-electron chi connectivity index (χ2n) is 6.84. The molecule has 1 aliphatic rings. The number of amides is 2. The number of hydrogen-bond donors (Lipinski definition) is 2. The maximum absolute atomic E-state index is 12.4. The highest BCUT2D eigenvalue weighted by molar-refractivity contribution is 5.92. The van der Waals surface area contributed by atoms with E-state index in [2.05, 4.69) is 15.6 Å². The standard InChI is InChI=1S/C18H24N6O3/c1-22(2)17(26)12-23-9-8-14(16(25)11-23)19-18(27)15-10-24(21-20-15)13-6-4-3-5-7-13/h3-7,10,14,16,25H,8-9,11-12H2,1-2H3,(H,19,27)/t14-,16-/m1/s1. The predicted molar refractivity (Wildman–Crippen MR) is 98.4 cm³/mol. The minimum absolute atomic E-state index is 0.0118. The lowest BCUT2D eigenvalue weighted by Crippen LogP contribution is -2.55. The van der Waals surface area contributed by atoms with Crippen molar-refractivity contribution < 1.29 is 14.7 Å². The zero-order valence-electron chi connectivity index (χ0n) is 15.4. The van der Waals surface area contributed by atoms with Gasteiger partial charge in [0.05, 0.1) is 30.6 Å². The van der Waals surface area contributed by atoms with E-state index in [4.69, 9.17) is 0 Å². The van der Waals surface area contributed by atoms with Crippen molar-refractivity contribution >= 4 is 11.8 Å². The third-order valence-corrected chi connectivity index (χ3v) is 4.59. The van der Waals surface area contributed by atoms with E-state index in [1.165, 1.54) is 9.58 Å². The Morgan fingerprint density at radius 1 is 1.30 bits per heavy atom. The van der Waals surface area contributed by atoms with Gasteiger partial charge in [-0.05, 0) is 18.6 Å². The van der Waals surface area contributed by atoms with Crippen LogP contribution in [0.3, 0.4) is 0 Å². The molecule has 3 rings (SSSR count). The second-order valence-corrected chi connectivity index (χ2v) is 6.84. The number of aliphatic hydroxyl groups is 1. The molecule has 2 N–H and O–H groups in total. The number of carbonyl (C=O) groups is 2. The van der Waals surface area contributed by atoms with Crippen molar-refractivity contribution in [1.82, 2.24) is 30.1 Å². The smallest absolute Gasteiger partial charge is 0.273 e. The van der Waals surface area contributed by atoms with Crippen LogP contribution in [0.1, 0.15) is 16.9 Å². The molecule has 0 radical (unpaired) electrons. The second kappa shape index (κ2) is 8.28. The molecule has 144 valence electrons. The van der Waals surface area contributed by atoms with Crippen molar-refractivity contribution in [1.29, 1.82) is 0 Å². The van der Waals surface area contributed by atoms with Gasteiger partial charge in [-0.15, -0.1) is 5.10 Å². The number of aromatic nitrogens is 3. The molecule has 0 aliphatic carbocycles. The minimum atomic E-state index is -0.748. The Kier molecular flexibility index (Phi) is 5.82. The van der Waals surface area contributed by atoms with Crippen LogP contribution in [0, 0.1) is 0 Å². The zero-order valence-corrected chi connectivity index (χ0v) is 15.4. The molecule has 1 fully saturated rings. The van der Waals surface area contributed by atoms with Gasteiger partial charge in [-0.2, -0.15) is 0 Å². The summed E-state index contributed by atoms with van der Waals surface area (Å²) in [4.78, 5) is 27.7. The summed E-state index contributed by atoms with van der Waals surface area (Å²) in [5.41, 5.74) is 0.999. The van der Waals surface area contributed by atoms with Gasteiger partial charge in [0.15, 0.2) is 5.69 Å². The van der Waals surface area contributed by atoms with Crippen molar-refractivity contribution in [3.05, 3.63) is 42.2 Å². The van der Waals surface area contributed by atoms with Gasteiger partial charge in [0, 0.05) is 27.2 Å². The van der Waals surface area contributed by atoms with E-state index in [0.717, 1.165) is 5.69 Å². The molecule has 9 heteroatoms. The first-order chi connectivity index (χ1) is 12.9. The van der Waals surface area contributed by atoms with Crippen molar-refractivity contribution in [2.24, 2.45) is 0 Å². The van der Waals surface area contributed by atoms with Gasteiger partial charge in [-0.1, -0.05) is 23.4 Å².